The first-order valence-electron chi connectivity index (χ1n) is 9.94. The number of carbonyl (C=O) groups excluding carboxylic acids is 2. The van der Waals surface area contributed by atoms with Crippen molar-refractivity contribution in [2.75, 3.05) is 13.1 Å². The number of carbonyl (C=O) groups is 2. The summed E-state index contributed by atoms with van der Waals surface area (Å²) in [7, 11) is 0. The summed E-state index contributed by atoms with van der Waals surface area (Å²) in [6, 6.07) is 29.7. The molecule has 0 heterocycles. The second-order valence-corrected chi connectivity index (χ2v) is 6.88. The van der Waals surface area contributed by atoms with Crippen molar-refractivity contribution >= 4 is 11.8 Å². The number of hydrogen-bond donors (Lipinski definition) is 2. The molecule has 0 atom stereocenters. The number of amides is 2. The predicted octanol–water partition coefficient (Wildman–Crippen LogP) is 4.14. The average molecular weight is 386 g/mol. The summed E-state index contributed by atoms with van der Waals surface area (Å²) in [6.45, 7) is 0.903. The SMILES string of the molecule is O=C(CCNC(=O)c1ccccc1)NCCC(c1ccccc1)c1ccccc1. The van der Waals surface area contributed by atoms with Crippen LogP contribution in [0.1, 0.15) is 40.2 Å². The van der Waals surface area contributed by atoms with Crippen LogP contribution in [0.25, 0.3) is 0 Å². The van der Waals surface area contributed by atoms with Crippen molar-refractivity contribution in [1.29, 1.82) is 0 Å². The Morgan fingerprint density at radius 2 is 1.17 bits per heavy atom. The summed E-state index contributed by atoms with van der Waals surface area (Å²) in [5.41, 5.74) is 3.08. The van der Waals surface area contributed by atoms with Gasteiger partial charge in [-0.25, -0.2) is 0 Å². The predicted molar refractivity (Wildman–Crippen MR) is 116 cm³/mol. The lowest BCUT2D eigenvalue weighted by Crippen LogP contribution is -2.31. The number of nitrogens with one attached hydrogen (secondary N) is 2. The largest absolute Gasteiger partial charge is 0.356 e. The standard InChI is InChI=1S/C25H26N2O2/c28-24(17-19-27-25(29)22-14-8-3-9-15-22)26-18-16-23(20-10-4-1-5-11-20)21-12-6-2-7-13-21/h1-15,23H,16-19H2,(H,26,28)(H,27,29). The van der Waals surface area contributed by atoms with Crippen molar-refractivity contribution in [1.82, 2.24) is 10.6 Å². The minimum absolute atomic E-state index is 0.0572. The second-order valence-electron chi connectivity index (χ2n) is 6.88. The van der Waals surface area contributed by atoms with Crippen molar-refractivity contribution < 1.29 is 9.59 Å². The van der Waals surface area contributed by atoms with Gasteiger partial charge in [0.15, 0.2) is 0 Å². The number of rotatable bonds is 9. The molecule has 0 unspecified atom stereocenters. The van der Waals surface area contributed by atoms with Gasteiger partial charge in [0.25, 0.3) is 5.91 Å². The van der Waals surface area contributed by atoms with E-state index in [1.165, 1.54) is 11.1 Å². The van der Waals surface area contributed by atoms with E-state index in [1.54, 1.807) is 12.1 Å². The molecule has 29 heavy (non-hydrogen) atoms. The van der Waals surface area contributed by atoms with E-state index in [1.807, 2.05) is 54.6 Å². The van der Waals surface area contributed by atoms with Crippen LogP contribution in [0, 0.1) is 0 Å². The highest BCUT2D eigenvalue weighted by atomic mass is 16.2. The molecule has 0 bridgehead atoms. The van der Waals surface area contributed by atoms with Gasteiger partial charge in [0.1, 0.15) is 0 Å². The molecule has 0 aliphatic rings. The number of hydrogen-bond acceptors (Lipinski definition) is 2. The maximum atomic E-state index is 12.2. The van der Waals surface area contributed by atoms with E-state index >= 15 is 0 Å². The molecular formula is C25H26N2O2. The smallest absolute Gasteiger partial charge is 0.251 e. The molecular weight excluding hydrogens is 360 g/mol. The summed E-state index contributed by atoms with van der Waals surface area (Å²) in [5.74, 6) is 0.0142. The van der Waals surface area contributed by atoms with Crippen LogP contribution < -0.4 is 10.6 Å². The Kier molecular flexibility index (Phi) is 7.58. The van der Waals surface area contributed by atoms with Crippen LogP contribution in [0.3, 0.4) is 0 Å². The fourth-order valence-corrected chi connectivity index (χ4v) is 3.32. The van der Waals surface area contributed by atoms with E-state index < -0.39 is 0 Å². The molecule has 4 heteroatoms. The normalized spacial score (nSPS) is 10.5. The molecule has 4 nitrogen and oxygen atoms in total. The van der Waals surface area contributed by atoms with E-state index in [9.17, 15) is 9.59 Å². The third-order valence-corrected chi connectivity index (χ3v) is 4.83. The zero-order valence-corrected chi connectivity index (χ0v) is 16.4. The Bertz CT molecular complexity index is 856. The Morgan fingerprint density at radius 3 is 1.72 bits per heavy atom. The fourth-order valence-electron chi connectivity index (χ4n) is 3.32. The highest BCUT2D eigenvalue weighted by Crippen LogP contribution is 2.27. The molecule has 0 radical (unpaired) electrons. The molecule has 3 rings (SSSR count). The van der Waals surface area contributed by atoms with Crippen LogP contribution in [0.5, 0.6) is 0 Å². The lowest BCUT2D eigenvalue weighted by molar-refractivity contribution is -0.120. The van der Waals surface area contributed by atoms with Crippen LogP contribution in [0.2, 0.25) is 0 Å². The highest BCUT2D eigenvalue weighted by Gasteiger charge is 2.14. The van der Waals surface area contributed by atoms with Gasteiger partial charge in [-0.2, -0.15) is 0 Å². The van der Waals surface area contributed by atoms with E-state index in [2.05, 4.69) is 34.9 Å². The van der Waals surface area contributed by atoms with E-state index in [4.69, 9.17) is 0 Å². The first-order valence-corrected chi connectivity index (χ1v) is 9.94. The van der Waals surface area contributed by atoms with Crippen LogP contribution in [-0.4, -0.2) is 24.9 Å². The van der Waals surface area contributed by atoms with Crippen LogP contribution >= 0.6 is 0 Å². The molecule has 3 aromatic carbocycles. The summed E-state index contributed by atoms with van der Waals surface area (Å²) < 4.78 is 0. The van der Waals surface area contributed by atoms with E-state index in [0.717, 1.165) is 6.42 Å². The average Bonchev–Trinajstić information content (AvgIpc) is 2.78. The van der Waals surface area contributed by atoms with Gasteiger partial charge in [0, 0.05) is 31.0 Å². The molecule has 2 amide bonds. The Hall–Kier alpha value is -3.40. The third kappa shape index (κ3) is 6.32. The quantitative estimate of drug-likeness (QED) is 0.581. The molecule has 0 saturated heterocycles. The van der Waals surface area contributed by atoms with Crippen LogP contribution in [0.15, 0.2) is 91.0 Å². The van der Waals surface area contributed by atoms with E-state index in [0.29, 0.717) is 18.7 Å². The van der Waals surface area contributed by atoms with Crippen molar-refractivity contribution in [3.63, 3.8) is 0 Å². The van der Waals surface area contributed by atoms with Crippen molar-refractivity contribution in [3.8, 4) is 0 Å². The van der Waals surface area contributed by atoms with Crippen molar-refractivity contribution in [2.24, 2.45) is 0 Å². The van der Waals surface area contributed by atoms with Crippen molar-refractivity contribution in [3.05, 3.63) is 108 Å². The van der Waals surface area contributed by atoms with Gasteiger partial charge in [0.05, 0.1) is 0 Å². The van der Waals surface area contributed by atoms with Gasteiger partial charge in [-0.15, -0.1) is 0 Å². The number of benzene rings is 3. The lowest BCUT2D eigenvalue weighted by atomic mass is 9.88. The Morgan fingerprint density at radius 1 is 0.655 bits per heavy atom. The molecule has 148 valence electrons. The summed E-state index contributed by atoms with van der Waals surface area (Å²) in [4.78, 5) is 24.2. The first-order chi connectivity index (χ1) is 14.2. The van der Waals surface area contributed by atoms with Gasteiger partial charge >= 0.3 is 0 Å². The van der Waals surface area contributed by atoms with Crippen LogP contribution in [-0.2, 0) is 4.79 Å². The maximum absolute atomic E-state index is 12.2. The first kappa shape index (κ1) is 20.3. The van der Waals surface area contributed by atoms with Gasteiger partial charge < -0.3 is 10.6 Å². The molecule has 2 N–H and O–H groups in total. The zero-order valence-electron chi connectivity index (χ0n) is 16.4. The Labute approximate surface area is 172 Å². The summed E-state index contributed by atoms with van der Waals surface area (Å²) in [5, 5.41) is 5.76. The zero-order chi connectivity index (χ0) is 20.3. The summed E-state index contributed by atoms with van der Waals surface area (Å²) >= 11 is 0. The van der Waals surface area contributed by atoms with Crippen LogP contribution in [0.4, 0.5) is 0 Å². The van der Waals surface area contributed by atoms with Gasteiger partial charge in [-0.1, -0.05) is 78.9 Å². The van der Waals surface area contributed by atoms with Gasteiger partial charge in [-0.3, -0.25) is 9.59 Å². The fraction of sp³-hybridized carbons (Fsp3) is 0.200. The van der Waals surface area contributed by atoms with Gasteiger partial charge in [0.2, 0.25) is 5.91 Å². The topological polar surface area (TPSA) is 58.2 Å². The molecule has 0 saturated carbocycles. The minimum atomic E-state index is -0.161. The second kappa shape index (κ2) is 10.8. The van der Waals surface area contributed by atoms with E-state index in [-0.39, 0.29) is 24.2 Å². The molecule has 0 aliphatic heterocycles. The highest BCUT2D eigenvalue weighted by molar-refractivity contribution is 5.94. The molecule has 0 fully saturated rings. The third-order valence-electron chi connectivity index (χ3n) is 4.83. The molecule has 3 aromatic rings. The molecule has 0 aliphatic carbocycles. The van der Waals surface area contributed by atoms with Gasteiger partial charge in [-0.05, 0) is 29.7 Å². The summed E-state index contributed by atoms with van der Waals surface area (Å²) in [6.07, 6.45) is 1.08. The lowest BCUT2D eigenvalue weighted by Gasteiger charge is -2.18. The maximum Gasteiger partial charge on any atom is 0.251 e. The minimum Gasteiger partial charge on any atom is -0.356 e. The molecule has 0 aromatic heterocycles. The Balaban J connectivity index is 1.46. The molecule has 0 spiro atoms. The van der Waals surface area contributed by atoms with Crippen molar-refractivity contribution in [2.45, 2.75) is 18.8 Å². The monoisotopic (exact) mass is 386 g/mol.